The van der Waals surface area contributed by atoms with E-state index in [9.17, 15) is 13.2 Å². The third kappa shape index (κ3) is 4.82. The zero-order valence-electron chi connectivity index (χ0n) is 16.5. The lowest BCUT2D eigenvalue weighted by Gasteiger charge is -2.31. The highest BCUT2D eigenvalue weighted by molar-refractivity contribution is 7.99. The number of hydrogen-bond acceptors (Lipinski definition) is 6. The van der Waals surface area contributed by atoms with Crippen molar-refractivity contribution in [2.75, 3.05) is 55.9 Å². The second-order valence-electron chi connectivity index (χ2n) is 7.11. The van der Waals surface area contributed by atoms with Crippen LogP contribution in [-0.2, 0) is 19.6 Å². The number of rotatable bonds is 6. The zero-order valence-corrected chi connectivity index (χ0v) is 18.2. The fraction of sp³-hybridized carbons (Fsp3) is 0.632. The minimum absolute atomic E-state index is 0.130. The van der Waals surface area contributed by atoms with Gasteiger partial charge in [-0.1, -0.05) is 6.42 Å². The molecule has 0 aliphatic carbocycles. The Morgan fingerprint density at radius 1 is 1.14 bits per heavy atom. The molecule has 1 atom stereocenters. The number of morpholine rings is 1. The molecule has 2 saturated heterocycles. The van der Waals surface area contributed by atoms with Crippen LogP contribution in [0, 0.1) is 0 Å². The molecule has 1 aromatic carbocycles. The number of ether oxygens (including phenoxy) is 1. The number of amides is 1. The summed E-state index contributed by atoms with van der Waals surface area (Å²) in [5.41, 5.74) is 1.38. The van der Waals surface area contributed by atoms with Crippen LogP contribution in [0.25, 0.3) is 0 Å². The summed E-state index contributed by atoms with van der Waals surface area (Å²) in [7, 11) is -3.56. The summed E-state index contributed by atoms with van der Waals surface area (Å²) in [6.45, 7) is 5.59. The fourth-order valence-corrected chi connectivity index (χ4v) is 5.27. The molecule has 2 aliphatic heterocycles. The minimum atomic E-state index is -3.56. The Labute approximate surface area is 171 Å². The van der Waals surface area contributed by atoms with Crippen molar-refractivity contribution in [3.05, 3.63) is 18.2 Å². The van der Waals surface area contributed by atoms with Gasteiger partial charge in [-0.3, -0.25) is 4.79 Å². The van der Waals surface area contributed by atoms with Crippen LogP contribution in [-0.4, -0.2) is 69.5 Å². The molecule has 1 unspecified atom stereocenters. The van der Waals surface area contributed by atoms with E-state index < -0.39 is 10.0 Å². The number of nitrogens with zero attached hydrogens (tertiary/aromatic N) is 2. The monoisotopic (exact) mass is 427 g/mol. The number of carbonyl (C=O) groups is 1. The summed E-state index contributed by atoms with van der Waals surface area (Å²) in [4.78, 5) is 14.9. The number of nitrogens with one attached hydrogen (secondary N) is 1. The van der Waals surface area contributed by atoms with E-state index in [1.165, 1.54) is 11.8 Å². The van der Waals surface area contributed by atoms with Gasteiger partial charge in [0, 0.05) is 26.2 Å². The molecule has 1 amide bonds. The quantitative estimate of drug-likeness (QED) is 0.751. The molecule has 156 valence electrons. The molecular weight excluding hydrogens is 398 g/mol. The van der Waals surface area contributed by atoms with Crippen LogP contribution in [0.3, 0.4) is 0 Å². The molecule has 1 N–H and O–H groups in total. The SMILES string of the molecule is CSC(C)C(=O)Nc1cc(S(=O)(=O)N2CCCCC2)ccc1N1CCOCC1. The average Bonchev–Trinajstić information content (AvgIpc) is 2.74. The van der Waals surface area contributed by atoms with E-state index in [-0.39, 0.29) is 16.1 Å². The molecule has 0 bridgehead atoms. The van der Waals surface area contributed by atoms with Gasteiger partial charge in [0.15, 0.2) is 0 Å². The van der Waals surface area contributed by atoms with E-state index in [0.717, 1.165) is 24.9 Å². The van der Waals surface area contributed by atoms with Gasteiger partial charge in [0.1, 0.15) is 0 Å². The summed E-state index contributed by atoms with van der Waals surface area (Å²) in [6, 6.07) is 5.07. The van der Waals surface area contributed by atoms with Crippen LogP contribution < -0.4 is 10.2 Å². The van der Waals surface area contributed by atoms with Crippen molar-refractivity contribution >= 4 is 39.1 Å². The van der Waals surface area contributed by atoms with E-state index >= 15 is 0 Å². The molecule has 0 aromatic heterocycles. The average molecular weight is 428 g/mol. The molecular formula is C19H29N3O4S2. The number of carbonyl (C=O) groups excluding carboxylic acids is 1. The van der Waals surface area contributed by atoms with Gasteiger partial charge in [-0.25, -0.2) is 8.42 Å². The normalized spacial score (nSPS) is 20.0. The number of piperidine rings is 1. The largest absolute Gasteiger partial charge is 0.378 e. The highest BCUT2D eigenvalue weighted by Gasteiger charge is 2.28. The first-order chi connectivity index (χ1) is 13.4. The first kappa shape index (κ1) is 21.4. The van der Waals surface area contributed by atoms with Gasteiger partial charge < -0.3 is 15.0 Å². The lowest BCUT2D eigenvalue weighted by atomic mass is 10.2. The molecule has 2 aliphatic rings. The van der Waals surface area contributed by atoms with Crippen molar-refractivity contribution in [1.29, 1.82) is 0 Å². The van der Waals surface area contributed by atoms with Crippen LogP contribution in [0.4, 0.5) is 11.4 Å². The summed E-state index contributed by atoms with van der Waals surface area (Å²) in [6.07, 6.45) is 4.72. The fourth-order valence-electron chi connectivity index (χ4n) is 3.45. The van der Waals surface area contributed by atoms with Crippen LogP contribution in [0.2, 0.25) is 0 Å². The molecule has 1 aromatic rings. The molecule has 2 fully saturated rings. The summed E-state index contributed by atoms with van der Waals surface area (Å²) >= 11 is 1.45. The molecule has 2 heterocycles. The molecule has 9 heteroatoms. The predicted molar refractivity (Wildman–Crippen MR) is 114 cm³/mol. The maximum atomic E-state index is 13.1. The van der Waals surface area contributed by atoms with Gasteiger partial charge in [-0.15, -0.1) is 0 Å². The third-order valence-electron chi connectivity index (χ3n) is 5.25. The minimum Gasteiger partial charge on any atom is -0.378 e. The van der Waals surface area contributed by atoms with Gasteiger partial charge in [0.2, 0.25) is 15.9 Å². The number of sulfonamides is 1. The van der Waals surface area contributed by atoms with Crippen LogP contribution in [0.1, 0.15) is 26.2 Å². The number of benzene rings is 1. The maximum absolute atomic E-state index is 13.1. The Morgan fingerprint density at radius 3 is 2.46 bits per heavy atom. The Balaban J connectivity index is 1.94. The summed E-state index contributed by atoms with van der Waals surface area (Å²) in [5, 5.41) is 2.73. The maximum Gasteiger partial charge on any atom is 0.243 e. The van der Waals surface area contributed by atoms with E-state index in [0.29, 0.717) is 45.1 Å². The van der Waals surface area contributed by atoms with Gasteiger partial charge >= 0.3 is 0 Å². The van der Waals surface area contributed by atoms with E-state index in [1.54, 1.807) is 16.4 Å². The van der Waals surface area contributed by atoms with Crippen molar-refractivity contribution in [3.63, 3.8) is 0 Å². The van der Waals surface area contributed by atoms with Gasteiger partial charge in [0.05, 0.1) is 34.7 Å². The number of hydrogen-bond donors (Lipinski definition) is 1. The molecule has 0 radical (unpaired) electrons. The van der Waals surface area contributed by atoms with Gasteiger partial charge in [-0.05, 0) is 44.2 Å². The van der Waals surface area contributed by atoms with Gasteiger partial charge in [-0.2, -0.15) is 16.1 Å². The Kier molecular flexibility index (Phi) is 7.25. The zero-order chi connectivity index (χ0) is 20.1. The van der Waals surface area contributed by atoms with E-state index in [2.05, 4.69) is 10.2 Å². The topological polar surface area (TPSA) is 79.0 Å². The van der Waals surface area contributed by atoms with Crippen molar-refractivity contribution in [2.45, 2.75) is 36.3 Å². The van der Waals surface area contributed by atoms with Crippen LogP contribution in [0.5, 0.6) is 0 Å². The second kappa shape index (κ2) is 9.47. The van der Waals surface area contributed by atoms with Crippen LogP contribution in [0.15, 0.2) is 23.1 Å². The molecule has 0 saturated carbocycles. The Hall–Kier alpha value is -1.29. The third-order valence-corrected chi connectivity index (χ3v) is 8.07. The first-order valence-electron chi connectivity index (χ1n) is 9.74. The highest BCUT2D eigenvalue weighted by Crippen LogP contribution is 2.32. The predicted octanol–water partition coefficient (Wildman–Crippen LogP) is 2.39. The number of thioether (sulfide) groups is 1. The lowest BCUT2D eigenvalue weighted by molar-refractivity contribution is -0.115. The smallest absolute Gasteiger partial charge is 0.243 e. The van der Waals surface area contributed by atoms with Crippen LogP contribution >= 0.6 is 11.8 Å². The Bertz CT molecular complexity index is 788. The molecule has 0 spiro atoms. The number of anilines is 2. The second-order valence-corrected chi connectivity index (χ2v) is 10.2. The molecule has 3 rings (SSSR count). The van der Waals surface area contributed by atoms with Crippen molar-refractivity contribution < 1.29 is 17.9 Å². The lowest BCUT2D eigenvalue weighted by Crippen LogP contribution is -2.37. The van der Waals surface area contributed by atoms with Crippen molar-refractivity contribution in [2.24, 2.45) is 0 Å². The van der Waals surface area contributed by atoms with Crippen molar-refractivity contribution in [3.8, 4) is 0 Å². The standard InChI is InChI=1S/C19H29N3O4S2/c1-15(27-2)19(23)20-17-14-16(28(24,25)22-8-4-3-5-9-22)6-7-18(17)21-10-12-26-13-11-21/h6-7,14-15H,3-5,8-13H2,1-2H3,(H,20,23). The van der Waals surface area contributed by atoms with E-state index in [1.807, 2.05) is 19.2 Å². The first-order valence-corrected chi connectivity index (χ1v) is 12.5. The van der Waals surface area contributed by atoms with E-state index in [4.69, 9.17) is 4.74 Å². The summed E-state index contributed by atoms with van der Waals surface area (Å²) in [5.74, 6) is -0.130. The Morgan fingerprint density at radius 2 is 1.82 bits per heavy atom. The molecule has 7 nitrogen and oxygen atoms in total. The molecule has 28 heavy (non-hydrogen) atoms. The summed E-state index contributed by atoms with van der Waals surface area (Å²) < 4.78 is 33.1. The van der Waals surface area contributed by atoms with Gasteiger partial charge in [0.25, 0.3) is 0 Å². The van der Waals surface area contributed by atoms with Crippen molar-refractivity contribution in [1.82, 2.24) is 4.31 Å². The highest BCUT2D eigenvalue weighted by atomic mass is 32.2.